The Morgan fingerprint density at radius 2 is 2.12 bits per heavy atom. The molecule has 2 amide bonds. The second-order valence-electron chi connectivity index (χ2n) is 5.33. The number of carbonyl (C=O) groups is 2. The quantitative estimate of drug-likeness (QED) is 0.432. The van der Waals surface area contributed by atoms with Crippen LogP contribution in [0.5, 0.6) is 5.75 Å². The second kappa shape index (κ2) is 8.28. The van der Waals surface area contributed by atoms with Crippen LogP contribution in [0.15, 0.2) is 29.5 Å². The van der Waals surface area contributed by atoms with Crippen LogP contribution in [-0.4, -0.2) is 36.2 Å². The van der Waals surface area contributed by atoms with Crippen LogP contribution in [0.4, 0.5) is 14.9 Å². The van der Waals surface area contributed by atoms with Gasteiger partial charge >= 0.3 is 17.7 Å². The molecule has 10 heteroatoms. The molecule has 1 aromatic carbocycles. The van der Waals surface area contributed by atoms with Crippen molar-refractivity contribution in [2.75, 3.05) is 13.2 Å². The van der Waals surface area contributed by atoms with Gasteiger partial charge in [-0.2, -0.15) is 0 Å². The van der Waals surface area contributed by atoms with Gasteiger partial charge in [0, 0.05) is 12.1 Å². The van der Waals surface area contributed by atoms with Crippen molar-refractivity contribution < 1.29 is 28.4 Å². The summed E-state index contributed by atoms with van der Waals surface area (Å²) in [7, 11) is 0. The van der Waals surface area contributed by atoms with Gasteiger partial charge in [-0.05, 0) is 19.4 Å². The minimum absolute atomic E-state index is 0.109. The number of nitrogens with zero attached hydrogens (tertiary/aromatic N) is 1. The number of nitro benzene ring substituents is 1. The lowest BCUT2D eigenvalue weighted by atomic mass is 10.0. The van der Waals surface area contributed by atoms with Gasteiger partial charge in [0.05, 0.1) is 28.8 Å². The number of rotatable bonds is 7. The second-order valence-corrected chi connectivity index (χ2v) is 5.33. The zero-order valence-electron chi connectivity index (χ0n) is 14.2. The Bertz CT molecular complexity index is 764. The Hall–Kier alpha value is -3.17. The van der Waals surface area contributed by atoms with E-state index in [1.54, 1.807) is 13.8 Å². The summed E-state index contributed by atoms with van der Waals surface area (Å²) in [6.07, 6.45) is 0.422. The maximum atomic E-state index is 13.4. The van der Waals surface area contributed by atoms with E-state index in [-0.39, 0.29) is 30.2 Å². The van der Waals surface area contributed by atoms with Gasteiger partial charge in [0.1, 0.15) is 12.4 Å². The minimum atomic E-state index is -0.717. The number of carbonyl (C=O) groups excluding carboxylic acids is 2. The number of hydrogen-bond donors (Lipinski definition) is 2. The summed E-state index contributed by atoms with van der Waals surface area (Å²) in [5.74, 6) is -1.67. The van der Waals surface area contributed by atoms with Gasteiger partial charge in [-0.3, -0.25) is 10.1 Å². The SMILES string of the molecule is CCOC(=O)C1=C(COc2cc(F)ccc2[N+](=O)[O-])NC(=O)N[C@@H]1CC. The first kappa shape index (κ1) is 19.2. The van der Waals surface area contributed by atoms with Crippen LogP contribution in [0, 0.1) is 15.9 Å². The first-order valence-corrected chi connectivity index (χ1v) is 7.91. The van der Waals surface area contributed by atoms with Crippen molar-refractivity contribution in [1.82, 2.24) is 10.6 Å². The molecule has 1 aromatic rings. The Morgan fingerprint density at radius 3 is 2.73 bits per heavy atom. The van der Waals surface area contributed by atoms with E-state index in [4.69, 9.17) is 9.47 Å². The summed E-state index contributed by atoms with van der Waals surface area (Å²) in [5, 5.41) is 16.1. The van der Waals surface area contributed by atoms with Crippen molar-refractivity contribution in [2.45, 2.75) is 26.3 Å². The molecule has 1 aliphatic rings. The number of ether oxygens (including phenoxy) is 2. The molecule has 140 valence electrons. The monoisotopic (exact) mass is 367 g/mol. The van der Waals surface area contributed by atoms with Crippen molar-refractivity contribution in [3.05, 3.63) is 45.4 Å². The van der Waals surface area contributed by atoms with Crippen molar-refractivity contribution in [3.63, 3.8) is 0 Å². The number of esters is 1. The van der Waals surface area contributed by atoms with E-state index in [0.29, 0.717) is 6.42 Å². The molecule has 1 aliphatic heterocycles. The maximum Gasteiger partial charge on any atom is 0.338 e. The number of nitrogens with one attached hydrogen (secondary N) is 2. The molecule has 26 heavy (non-hydrogen) atoms. The van der Waals surface area contributed by atoms with Crippen LogP contribution < -0.4 is 15.4 Å². The predicted octanol–water partition coefficient (Wildman–Crippen LogP) is 2.02. The molecule has 0 fully saturated rings. The summed E-state index contributed by atoms with van der Waals surface area (Å²) in [4.78, 5) is 34.3. The Labute approximate surface area is 148 Å². The third-order valence-electron chi connectivity index (χ3n) is 3.64. The van der Waals surface area contributed by atoms with Crippen molar-refractivity contribution in [3.8, 4) is 5.75 Å². The van der Waals surface area contributed by atoms with E-state index >= 15 is 0 Å². The smallest absolute Gasteiger partial charge is 0.338 e. The molecule has 0 bridgehead atoms. The summed E-state index contributed by atoms with van der Waals surface area (Å²) in [6, 6.07) is 1.64. The summed E-state index contributed by atoms with van der Waals surface area (Å²) >= 11 is 0. The average molecular weight is 367 g/mol. The zero-order valence-corrected chi connectivity index (χ0v) is 14.2. The number of hydrogen-bond acceptors (Lipinski definition) is 6. The van der Waals surface area contributed by atoms with E-state index in [9.17, 15) is 24.1 Å². The van der Waals surface area contributed by atoms with Gasteiger partial charge in [0.2, 0.25) is 0 Å². The molecule has 1 heterocycles. The molecule has 2 N–H and O–H groups in total. The molecular weight excluding hydrogens is 349 g/mol. The lowest BCUT2D eigenvalue weighted by molar-refractivity contribution is -0.385. The first-order valence-electron chi connectivity index (χ1n) is 7.91. The number of amides is 2. The molecule has 0 radical (unpaired) electrons. The number of urea groups is 1. The van der Waals surface area contributed by atoms with Crippen molar-refractivity contribution in [2.24, 2.45) is 0 Å². The van der Waals surface area contributed by atoms with Gasteiger partial charge in [0.15, 0.2) is 5.75 Å². The Morgan fingerprint density at radius 1 is 1.38 bits per heavy atom. The molecular formula is C16H18FN3O6. The lowest BCUT2D eigenvalue weighted by Gasteiger charge is -2.28. The highest BCUT2D eigenvalue weighted by atomic mass is 19.1. The molecule has 0 aliphatic carbocycles. The number of halogens is 1. The van der Waals surface area contributed by atoms with E-state index in [2.05, 4.69) is 10.6 Å². The maximum absolute atomic E-state index is 13.4. The topological polar surface area (TPSA) is 120 Å². The van der Waals surface area contributed by atoms with Crippen LogP contribution in [0.3, 0.4) is 0 Å². The third kappa shape index (κ3) is 4.26. The highest BCUT2D eigenvalue weighted by Gasteiger charge is 2.32. The molecule has 0 unspecified atom stereocenters. The van der Waals surface area contributed by atoms with Gasteiger partial charge < -0.3 is 20.1 Å². The van der Waals surface area contributed by atoms with Crippen LogP contribution in [-0.2, 0) is 9.53 Å². The van der Waals surface area contributed by atoms with E-state index in [0.717, 1.165) is 18.2 Å². The fourth-order valence-electron chi connectivity index (χ4n) is 2.48. The van der Waals surface area contributed by atoms with Crippen molar-refractivity contribution in [1.29, 1.82) is 0 Å². The average Bonchev–Trinajstić information content (AvgIpc) is 2.59. The minimum Gasteiger partial charge on any atom is -0.480 e. The highest BCUT2D eigenvalue weighted by molar-refractivity contribution is 5.94. The molecule has 0 spiro atoms. The lowest BCUT2D eigenvalue weighted by Crippen LogP contribution is -2.51. The summed E-state index contributed by atoms with van der Waals surface area (Å²) < 4.78 is 23.7. The first-order chi connectivity index (χ1) is 12.4. The van der Waals surface area contributed by atoms with Crippen LogP contribution in [0.1, 0.15) is 20.3 Å². The molecule has 0 saturated heterocycles. The largest absolute Gasteiger partial charge is 0.480 e. The molecule has 2 rings (SSSR count). The van der Waals surface area contributed by atoms with Crippen LogP contribution >= 0.6 is 0 Å². The van der Waals surface area contributed by atoms with Gasteiger partial charge in [-0.1, -0.05) is 6.92 Å². The van der Waals surface area contributed by atoms with Crippen LogP contribution in [0.2, 0.25) is 0 Å². The fraction of sp³-hybridized carbons (Fsp3) is 0.375. The fourth-order valence-corrected chi connectivity index (χ4v) is 2.48. The molecule has 1 atom stereocenters. The number of benzene rings is 1. The molecule has 0 saturated carbocycles. The molecule has 0 aromatic heterocycles. The number of nitro groups is 1. The predicted molar refractivity (Wildman–Crippen MR) is 88.0 cm³/mol. The summed E-state index contributed by atoms with van der Waals surface area (Å²) in [6.45, 7) is 3.17. The third-order valence-corrected chi connectivity index (χ3v) is 3.64. The summed E-state index contributed by atoms with van der Waals surface area (Å²) in [5.41, 5.74) is -0.164. The van der Waals surface area contributed by atoms with Crippen molar-refractivity contribution >= 4 is 17.7 Å². The van der Waals surface area contributed by atoms with E-state index in [1.165, 1.54) is 0 Å². The van der Waals surface area contributed by atoms with E-state index in [1.807, 2.05) is 0 Å². The Kier molecular flexibility index (Phi) is 6.10. The highest BCUT2D eigenvalue weighted by Crippen LogP contribution is 2.28. The molecule has 9 nitrogen and oxygen atoms in total. The van der Waals surface area contributed by atoms with Gasteiger partial charge in [-0.15, -0.1) is 0 Å². The Balaban J connectivity index is 2.34. The van der Waals surface area contributed by atoms with Crippen LogP contribution in [0.25, 0.3) is 0 Å². The van der Waals surface area contributed by atoms with Gasteiger partial charge in [0.25, 0.3) is 0 Å². The normalized spacial score (nSPS) is 16.6. The van der Waals surface area contributed by atoms with Gasteiger partial charge in [-0.25, -0.2) is 14.0 Å². The zero-order chi connectivity index (χ0) is 19.3. The standard InChI is InChI=1S/C16H18FN3O6/c1-3-10-14(15(21)25-4-2)11(19-16(22)18-10)8-26-13-7-9(17)5-6-12(13)20(23)24/h5-7,10H,3-4,8H2,1-2H3,(H2,18,19,22)/t10-/m1/s1. The van der Waals surface area contributed by atoms with E-state index < -0.39 is 34.5 Å².